The predicted molar refractivity (Wildman–Crippen MR) is 88.1 cm³/mol. The van der Waals surface area contributed by atoms with Gasteiger partial charge in [0, 0.05) is 6.08 Å². The number of carbonyl (C=O) groups is 1. The molecule has 5 heteroatoms. The van der Waals surface area contributed by atoms with Crippen LogP contribution in [0.4, 0.5) is 0 Å². The molecule has 23 heavy (non-hydrogen) atoms. The zero-order valence-corrected chi connectivity index (χ0v) is 13.4. The molecule has 0 fully saturated rings. The summed E-state index contributed by atoms with van der Waals surface area (Å²) in [4.78, 5) is 11.1. The average Bonchev–Trinajstić information content (AvgIpc) is 2.56. The fourth-order valence-electron chi connectivity index (χ4n) is 1.87. The number of carbonyl (C=O) groups excluding carboxylic acids is 1. The molecule has 0 bridgehead atoms. The number of ether oxygens (including phenoxy) is 2. The molecule has 0 aromatic heterocycles. The fraction of sp³-hybridized carbons (Fsp3) is 0.389. The van der Waals surface area contributed by atoms with Crippen LogP contribution in [0.25, 0.3) is 0 Å². The molecule has 0 aliphatic carbocycles. The molecule has 126 valence electrons. The van der Waals surface area contributed by atoms with Gasteiger partial charge in [-0.1, -0.05) is 30.4 Å². The van der Waals surface area contributed by atoms with Crippen LogP contribution in [0.1, 0.15) is 31.4 Å². The lowest BCUT2D eigenvalue weighted by Gasteiger charge is -2.10. The number of esters is 1. The van der Waals surface area contributed by atoms with Gasteiger partial charge in [0.25, 0.3) is 0 Å². The van der Waals surface area contributed by atoms with Gasteiger partial charge in [-0.3, -0.25) is 0 Å². The molecule has 1 atom stereocenters. The van der Waals surface area contributed by atoms with Gasteiger partial charge >= 0.3 is 5.97 Å². The molecule has 1 aromatic rings. The van der Waals surface area contributed by atoms with Gasteiger partial charge in [-0.25, -0.2) is 4.79 Å². The first-order chi connectivity index (χ1) is 11.2. The standard InChI is InChI=1S/C18H24O5/c1-2-22-18(21)8-6-4-3-5-7-17(20)15-9-11-16(12-10-15)23-14-13-19/h3-4,6,8-12,17,19-20H,2,5,7,13-14H2,1H3/b4-3+,8-6+/t17-/m0/s1. The number of aliphatic hydroxyl groups is 2. The highest BCUT2D eigenvalue weighted by molar-refractivity contribution is 5.82. The monoisotopic (exact) mass is 320 g/mol. The number of hydrogen-bond acceptors (Lipinski definition) is 5. The van der Waals surface area contributed by atoms with Crippen molar-refractivity contribution in [3.05, 3.63) is 54.1 Å². The summed E-state index contributed by atoms with van der Waals surface area (Å²) in [7, 11) is 0. The minimum Gasteiger partial charge on any atom is -0.491 e. The number of rotatable bonds is 10. The van der Waals surface area contributed by atoms with Gasteiger partial charge in [0.05, 0.1) is 19.3 Å². The summed E-state index contributed by atoms with van der Waals surface area (Å²) < 4.78 is 10.0. The molecule has 5 nitrogen and oxygen atoms in total. The largest absolute Gasteiger partial charge is 0.491 e. The van der Waals surface area contributed by atoms with E-state index >= 15 is 0 Å². The summed E-state index contributed by atoms with van der Waals surface area (Å²) in [5.41, 5.74) is 0.816. The maximum atomic E-state index is 11.1. The Balaban J connectivity index is 2.33. The van der Waals surface area contributed by atoms with Crippen molar-refractivity contribution >= 4 is 5.97 Å². The third-order valence-corrected chi connectivity index (χ3v) is 3.00. The lowest BCUT2D eigenvalue weighted by molar-refractivity contribution is -0.137. The zero-order valence-electron chi connectivity index (χ0n) is 13.4. The SMILES string of the molecule is CCOC(=O)/C=C/C=C/CC[C@H](O)c1ccc(OCCO)cc1. The summed E-state index contributed by atoms with van der Waals surface area (Å²) in [6, 6.07) is 7.15. The average molecular weight is 320 g/mol. The Bertz CT molecular complexity index is 505. The molecule has 0 aliphatic rings. The molecule has 0 spiro atoms. The number of allylic oxidation sites excluding steroid dienone is 3. The minimum absolute atomic E-state index is 0.0265. The minimum atomic E-state index is -0.555. The van der Waals surface area contributed by atoms with Crippen LogP contribution in [-0.2, 0) is 9.53 Å². The lowest BCUT2D eigenvalue weighted by atomic mass is 10.0. The Kier molecular flexibility index (Phi) is 9.43. The van der Waals surface area contributed by atoms with Crippen LogP contribution in [0.3, 0.4) is 0 Å². The van der Waals surface area contributed by atoms with Crippen LogP contribution in [0.15, 0.2) is 48.6 Å². The molecule has 0 unspecified atom stereocenters. The van der Waals surface area contributed by atoms with E-state index < -0.39 is 6.10 Å². The van der Waals surface area contributed by atoms with Crippen molar-refractivity contribution in [2.24, 2.45) is 0 Å². The van der Waals surface area contributed by atoms with Crippen LogP contribution < -0.4 is 4.74 Å². The molecule has 0 aliphatic heterocycles. The van der Waals surface area contributed by atoms with E-state index in [0.29, 0.717) is 25.2 Å². The molecule has 1 aromatic carbocycles. The van der Waals surface area contributed by atoms with Crippen LogP contribution in [-0.4, -0.2) is 36.0 Å². The summed E-state index contributed by atoms with van der Waals surface area (Å²) in [6.45, 7) is 2.35. The van der Waals surface area contributed by atoms with Gasteiger partial charge in [0.1, 0.15) is 12.4 Å². The van der Waals surface area contributed by atoms with Gasteiger partial charge in [0.2, 0.25) is 0 Å². The molecule has 0 amide bonds. The highest BCUT2D eigenvalue weighted by Crippen LogP contribution is 2.21. The van der Waals surface area contributed by atoms with Crippen LogP contribution in [0.5, 0.6) is 5.75 Å². The van der Waals surface area contributed by atoms with Crippen LogP contribution in [0.2, 0.25) is 0 Å². The Morgan fingerprint density at radius 2 is 2.00 bits per heavy atom. The quantitative estimate of drug-likeness (QED) is 0.394. The van der Waals surface area contributed by atoms with E-state index in [4.69, 9.17) is 14.6 Å². The molecule has 1 rings (SSSR count). The van der Waals surface area contributed by atoms with Crippen LogP contribution >= 0.6 is 0 Å². The lowest BCUT2D eigenvalue weighted by Crippen LogP contribution is -2.02. The topological polar surface area (TPSA) is 76.0 Å². The molecule has 2 N–H and O–H groups in total. The first kappa shape index (κ1) is 18.9. The van der Waals surface area contributed by atoms with E-state index in [1.165, 1.54) is 6.08 Å². The van der Waals surface area contributed by atoms with Crippen LogP contribution in [0, 0.1) is 0 Å². The summed E-state index contributed by atoms with van der Waals surface area (Å²) in [5, 5.41) is 18.8. The van der Waals surface area contributed by atoms with Crippen molar-refractivity contribution in [1.29, 1.82) is 0 Å². The normalized spacial score (nSPS) is 12.7. The van der Waals surface area contributed by atoms with E-state index in [1.54, 1.807) is 31.2 Å². The Hall–Kier alpha value is -2.11. The van der Waals surface area contributed by atoms with E-state index in [0.717, 1.165) is 5.56 Å². The van der Waals surface area contributed by atoms with Crippen molar-refractivity contribution in [2.75, 3.05) is 19.8 Å². The Morgan fingerprint density at radius 1 is 1.26 bits per heavy atom. The Labute approximate surface area is 136 Å². The second-order valence-corrected chi connectivity index (χ2v) is 4.77. The fourth-order valence-corrected chi connectivity index (χ4v) is 1.87. The first-order valence-electron chi connectivity index (χ1n) is 7.69. The van der Waals surface area contributed by atoms with Gasteiger partial charge in [0.15, 0.2) is 0 Å². The van der Waals surface area contributed by atoms with Gasteiger partial charge in [-0.15, -0.1) is 0 Å². The van der Waals surface area contributed by atoms with E-state index in [1.807, 2.05) is 18.2 Å². The summed E-state index contributed by atoms with van der Waals surface area (Å²) in [5.74, 6) is 0.305. The highest BCUT2D eigenvalue weighted by atomic mass is 16.5. The van der Waals surface area contributed by atoms with Gasteiger partial charge < -0.3 is 19.7 Å². The third kappa shape index (κ3) is 8.18. The molecule has 0 heterocycles. The highest BCUT2D eigenvalue weighted by Gasteiger charge is 2.06. The van der Waals surface area contributed by atoms with Crippen molar-refractivity contribution in [3.8, 4) is 5.75 Å². The molecule has 0 saturated heterocycles. The van der Waals surface area contributed by atoms with Gasteiger partial charge in [-0.2, -0.15) is 0 Å². The molecular formula is C18H24O5. The van der Waals surface area contributed by atoms with E-state index in [9.17, 15) is 9.90 Å². The number of hydrogen-bond donors (Lipinski definition) is 2. The smallest absolute Gasteiger partial charge is 0.330 e. The van der Waals surface area contributed by atoms with E-state index in [2.05, 4.69) is 0 Å². The number of aliphatic hydroxyl groups excluding tert-OH is 2. The van der Waals surface area contributed by atoms with Gasteiger partial charge in [-0.05, 0) is 37.5 Å². The second kappa shape index (κ2) is 11.5. The Morgan fingerprint density at radius 3 is 2.65 bits per heavy atom. The van der Waals surface area contributed by atoms with E-state index in [-0.39, 0.29) is 19.2 Å². The second-order valence-electron chi connectivity index (χ2n) is 4.77. The van der Waals surface area contributed by atoms with Crippen molar-refractivity contribution in [3.63, 3.8) is 0 Å². The first-order valence-corrected chi connectivity index (χ1v) is 7.69. The predicted octanol–water partition coefficient (Wildman–Crippen LogP) is 2.55. The van der Waals surface area contributed by atoms with Crippen molar-refractivity contribution in [2.45, 2.75) is 25.9 Å². The maximum absolute atomic E-state index is 11.1. The zero-order chi connectivity index (χ0) is 16.9. The maximum Gasteiger partial charge on any atom is 0.330 e. The summed E-state index contributed by atoms with van der Waals surface area (Å²) in [6.07, 6.45) is 7.35. The third-order valence-electron chi connectivity index (χ3n) is 3.00. The molecule has 0 radical (unpaired) electrons. The summed E-state index contributed by atoms with van der Waals surface area (Å²) >= 11 is 0. The number of benzene rings is 1. The van der Waals surface area contributed by atoms with Crippen molar-refractivity contribution in [1.82, 2.24) is 0 Å². The molecular weight excluding hydrogens is 296 g/mol. The van der Waals surface area contributed by atoms with Crippen molar-refractivity contribution < 1.29 is 24.5 Å². The molecule has 0 saturated carbocycles.